The summed E-state index contributed by atoms with van der Waals surface area (Å²) in [4.78, 5) is 0. The molecule has 0 aromatic carbocycles. The first kappa shape index (κ1) is 31.8. The minimum Gasteiger partial charge on any atom is -0.375 e. The quantitative estimate of drug-likeness (QED) is 0.198. The second-order valence-electron chi connectivity index (χ2n) is 8.49. The Balaban J connectivity index is 2.06. The van der Waals surface area contributed by atoms with Gasteiger partial charge in [-0.1, -0.05) is 0 Å². The third kappa shape index (κ3) is 5.40. The molecule has 0 aliphatic carbocycles. The number of halogens is 18. The van der Waals surface area contributed by atoms with Crippen LogP contribution < -0.4 is 0 Å². The van der Waals surface area contributed by atoms with Crippen molar-refractivity contribution in [3.8, 4) is 0 Å². The van der Waals surface area contributed by atoms with Crippen LogP contribution in [0.1, 0.15) is 12.8 Å². The van der Waals surface area contributed by atoms with Crippen LogP contribution in [0.4, 0.5) is 79.0 Å². The number of alkyl halides is 18. The largest absolute Gasteiger partial charge is 0.460 e. The maximum atomic E-state index is 13.8. The highest BCUT2D eigenvalue weighted by molar-refractivity contribution is 5.08. The molecule has 2 unspecified atom stereocenters. The summed E-state index contributed by atoms with van der Waals surface area (Å²) in [5.74, 6) is -40.7. The third-order valence-electron chi connectivity index (χ3n) is 5.34. The van der Waals surface area contributed by atoms with Crippen LogP contribution in [0.3, 0.4) is 0 Å². The Morgan fingerprint density at radius 1 is 0.459 bits per heavy atom. The highest BCUT2D eigenvalue weighted by Gasteiger charge is 2.84. The Labute approximate surface area is 193 Å². The van der Waals surface area contributed by atoms with Crippen molar-refractivity contribution >= 4 is 0 Å². The Kier molecular flexibility index (Phi) is 7.36. The van der Waals surface area contributed by atoms with Crippen molar-refractivity contribution in [2.75, 3.05) is 26.4 Å². The van der Waals surface area contributed by atoms with E-state index in [1.807, 2.05) is 0 Å². The van der Waals surface area contributed by atoms with Gasteiger partial charge in [0.25, 0.3) is 0 Å². The van der Waals surface area contributed by atoms with Gasteiger partial charge in [-0.25, -0.2) is 0 Å². The van der Waals surface area contributed by atoms with E-state index in [4.69, 9.17) is 0 Å². The zero-order valence-electron chi connectivity index (χ0n) is 17.3. The minimum absolute atomic E-state index is 1.03. The first-order valence-corrected chi connectivity index (χ1v) is 9.29. The summed E-state index contributed by atoms with van der Waals surface area (Å²) in [6, 6.07) is 0. The summed E-state index contributed by atoms with van der Waals surface area (Å²) < 4.78 is 246. The zero-order valence-corrected chi connectivity index (χ0v) is 17.3. The molecule has 2 rings (SSSR count). The fraction of sp³-hybridized carbons (Fsp3) is 1.00. The molecule has 2 aliphatic rings. The number of rotatable bonds is 12. The van der Waals surface area contributed by atoms with Crippen LogP contribution in [0, 0.1) is 0 Å². The summed E-state index contributed by atoms with van der Waals surface area (Å²) in [6.45, 7) is -4.95. The third-order valence-corrected chi connectivity index (χ3v) is 5.34. The SMILES string of the molecule is FC(F)(F)C(F)(F)C(F)(F)C(F)(F)CC1(COCC2(CC(F)(F)C(F)(F)C(F)(F)C(F)(F)F)CO2)CO1. The van der Waals surface area contributed by atoms with E-state index in [2.05, 4.69) is 14.2 Å². The number of hydrogen-bond donors (Lipinski definition) is 0. The lowest BCUT2D eigenvalue weighted by molar-refractivity contribution is -0.398. The topological polar surface area (TPSA) is 34.3 Å². The van der Waals surface area contributed by atoms with E-state index in [0.717, 1.165) is 0 Å². The summed E-state index contributed by atoms with van der Waals surface area (Å²) in [5.41, 5.74) is -5.39. The van der Waals surface area contributed by atoms with Gasteiger partial charge in [0.15, 0.2) is 0 Å². The summed E-state index contributed by atoms with van der Waals surface area (Å²) in [5, 5.41) is 0. The van der Waals surface area contributed by atoms with Gasteiger partial charge in [0.1, 0.15) is 11.2 Å². The molecule has 21 heteroatoms. The Morgan fingerprint density at radius 3 is 0.892 bits per heavy atom. The summed E-state index contributed by atoms with van der Waals surface area (Å²) >= 11 is 0. The van der Waals surface area contributed by atoms with Crippen molar-refractivity contribution in [2.24, 2.45) is 0 Å². The van der Waals surface area contributed by atoms with Crippen molar-refractivity contribution < 1.29 is 93.2 Å². The average molecular weight is 594 g/mol. The van der Waals surface area contributed by atoms with Gasteiger partial charge in [0, 0.05) is 0 Å². The van der Waals surface area contributed by atoms with E-state index in [1.54, 1.807) is 0 Å². The highest BCUT2D eigenvalue weighted by Crippen LogP contribution is 2.58. The molecule has 2 atom stereocenters. The molecule has 2 fully saturated rings. The maximum absolute atomic E-state index is 13.8. The van der Waals surface area contributed by atoms with Crippen LogP contribution in [-0.4, -0.2) is 85.5 Å². The monoisotopic (exact) mass is 594 g/mol. The van der Waals surface area contributed by atoms with Gasteiger partial charge < -0.3 is 14.2 Å². The fourth-order valence-corrected chi connectivity index (χ4v) is 2.95. The van der Waals surface area contributed by atoms with Gasteiger partial charge in [-0.2, -0.15) is 79.0 Å². The van der Waals surface area contributed by atoms with Crippen molar-refractivity contribution in [3.63, 3.8) is 0 Å². The second-order valence-corrected chi connectivity index (χ2v) is 8.49. The molecule has 0 amide bonds. The second kappa shape index (κ2) is 8.56. The van der Waals surface area contributed by atoms with Crippen LogP contribution >= 0.6 is 0 Å². The summed E-state index contributed by atoms with van der Waals surface area (Å²) in [7, 11) is 0. The Morgan fingerprint density at radius 2 is 0.703 bits per heavy atom. The van der Waals surface area contributed by atoms with Crippen LogP contribution in [-0.2, 0) is 14.2 Å². The predicted octanol–water partition coefficient (Wildman–Crippen LogP) is 6.26. The van der Waals surface area contributed by atoms with E-state index in [0.29, 0.717) is 0 Å². The molecule has 37 heavy (non-hydrogen) atoms. The average Bonchev–Trinajstić information content (AvgIpc) is 3.58. The lowest BCUT2D eigenvalue weighted by Gasteiger charge is -2.35. The molecular formula is C16H12F18O3. The van der Waals surface area contributed by atoms with Crippen LogP contribution in [0.2, 0.25) is 0 Å². The first-order valence-electron chi connectivity index (χ1n) is 9.29. The van der Waals surface area contributed by atoms with Gasteiger partial charge >= 0.3 is 47.9 Å². The molecule has 2 heterocycles. The lowest BCUT2D eigenvalue weighted by atomic mass is 9.93. The molecule has 0 bridgehead atoms. The van der Waals surface area contributed by atoms with Gasteiger partial charge in [-0.3, -0.25) is 0 Å². The molecule has 0 aromatic heterocycles. The van der Waals surface area contributed by atoms with E-state index in [1.165, 1.54) is 0 Å². The summed E-state index contributed by atoms with van der Waals surface area (Å²) in [6.07, 6.45) is -19.3. The Bertz CT molecular complexity index is 769. The Hall–Kier alpha value is -1.38. The van der Waals surface area contributed by atoms with Crippen molar-refractivity contribution in [1.29, 1.82) is 0 Å². The number of epoxide rings is 2. The van der Waals surface area contributed by atoms with Gasteiger partial charge in [0.05, 0.1) is 39.3 Å². The van der Waals surface area contributed by atoms with Crippen LogP contribution in [0.25, 0.3) is 0 Å². The molecule has 0 radical (unpaired) electrons. The van der Waals surface area contributed by atoms with Crippen molar-refractivity contribution in [1.82, 2.24) is 0 Å². The number of hydrogen-bond acceptors (Lipinski definition) is 3. The van der Waals surface area contributed by atoms with Gasteiger partial charge in [-0.15, -0.1) is 0 Å². The molecule has 0 aromatic rings. The number of ether oxygens (including phenoxy) is 3. The zero-order chi connectivity index (χ0) is 29.4. The standard InChI is InChI=1S/C16H12F18O3/c17-9(18,11(21,22)13(25,26)15(29,30)31)1-7(5-36-7)3-35-4-8(6-37-8)2-10(19,20)12(23,24)14(27,28)16(32,33)34/h1-6H2. The molecule has 2 saturated heterocycles. The molecule has 0 saturated carbocycles. The maximum Gasteiger partial charge on any atom is 0.460 e. The fourth-order valence-electron chi connectivity index (χ4n) is 2.95. The van der Waals surface area contributed by atoms with E-state index >= 15 is 0 Å². The van der Waals surface area contributed by atoms with Crippen molar-refractivity contribution in [2.45, 2.75) is 71.9 Å². The first-order chi connectivity index (χ1) is 16.0. The van der Waals surface area contributed by atoms with Gasteiger partial charge in [-0.05, 0) is 0 Å². The van der Waals surface area contributed by atoms with Gasteiger partial charge in [0.2, 0.25) is 0 Å². The van der Waals surface area contributed by atoms with E-state index < -0.39 is 98.4 Å². The van der Waals surface area contributed by atoms with Crippen molar-refractivity contribution in [3.05, 3.63) is 0 Å². The van der Waals surface area contributed by atoms with E-state index in [-0.39, 0.29) is 0 Å². The molecule has 2 aliphatic heterocycles. The van der Waals surface area contributed by atoms with Crippen LogP contribution in [0.5, 0.6) is 0 Å². The molecule has 0 N–H and O–H groups in total. The molecule has 3 nitrogen and oxygen atoms in total. The smallest absolute Gasteiger partial charge is 0.375 e. The van der Waals surface area contributed by atoms with Crippen LogP contribution in [0.15, 0.2) is 0 Å². The predicted molar refractivity (Wildman–Crippen MR) is 79.2 cm³/mol. The molecule has 220 valence electrons. The lowest BCUT2D eigenvalue weighted by Crippen LogP contribution is -2.62. The molecule has 0 spiro atoms. The highest BCUT2D eigenvalue weighted by atomic mass is 19.4. The molecular weight excluding hydrogens is 582 g/mol. The van der Waals surface area contributed by atoms with E-state index in [9.17, 15) is 79.0 Å². The normalized spacial score (nSPS) is 26.4. The minimum atomic E-state index is -7.22.